The largest absolute Gasteiger partial charge is 0.398 e. The van der Waals surface area contributed by atoms with Crippen LogP contribution in [-0.2, 0) is 0 Å². The highest BCUT2D eigenvalue weighted by Crippen LogP contribution is 2.31. The van der Waals surface area contributed by atoms with Crippen molar-refractivity contribution in [3.63, 3.8) is 0 Å². The van der Waals surface area contributed by atoms with E-state index in [1.54, 1.807) is 12.1 Å². The first-order valence-electron chi connectivity index (χ1n) is 6.00. The maximum Gasteiger partial charge on any atom is 0.150 e. The number of hydrogen-bond acceptors (Lipinski definition) is 6. The van der Waals surface area contributed by atoms with E-state index in [9.17, 15) is 19.7 Å². The smallest absolute Gasteiger partial charge is 0.150 e. The van der Waals surface area contributed by atoms with Crippen molar-refractivity contribution >= 4 is 22.3 Å². The van der Waals surface area contributed by atoms with E-state index < -0.39 is 31.2 Å². The minimum atomic E-state index is -1.44. The van der Waals surface area contributed by atoms with Crippen molar-refractivity contribution in [1.29, 1.82) is 0 Å². The van der Waals surface area contributed by atoms with Crippen molar-refractivity contribution in [1.82, 2.24) is 4.98 Å². The van der Waals surface area contributed by atoms with Crippen LogP contribution in [0.15, 0.2) is 24.4 Å². The Kier molecular flexibility index (Phi) is 4.03. The van der Waals surface area contributed by atoms with Crippen LogP contribution in [0.2, 0.25) is 0 Å². The van der Waals surface area contributed by atoms with Gasteiger partial charge in [0, 0.05) is 17.3 Å². The van der Waals surface area contributed by atoms with Crippen LogP contribution in [-0.4, -0.2) is 45.7 Å². The van der Waals surface area contributed by atoms with Crippen LogP contribution in [0.4, 0.5) is 15.8 Å². The number of nitrogen functional groups attached to an aromatic ring is 1. The summed E-state index contributed by atoms with van der Waals surface area (Å²) in [6.07, 6.45) is 1.48. The molecule has 0 aliphatic heterocycles. The molecule has 1 aromatic carbocycles. The van der Waals surface area contributed by atoms with Crippen LogP contribution in [0.25, 0.3) is 10.9 Å². The highest BCUT2D eigenvalue weighted by Gasteiger charge is 2.30. The Labute approximate surface area is 114 Å². The summed E-state index contributed by atoms with van der Waals surface area (Å²) in [6, 6.07) is 4.47. The lowest BCUT2D eigenvalue weighted by atomic mass is 10.0. The highest BCUT2D eigenvalue weighted by atomic mass is 19.1. The molecule has 6 N–H and O–H groups in total. The van der Waals surface area contributed by atoms with Gasteiger partial charge in [-0.15, -0.1) is 0 Å². The summed E-state index contributed by atoms with van der Waals surface area (Å²) < 4.78 is 14.1. The summed E-state index contributed by atoms with van der Waals surface area (Å²) in [5, 5.41) is 31.1. The van der Waals surface area contributed by atoms with Gasteiger partial charge < -0.3 is 26.4 Å². The molecule has 20 heavy (non-hydrogen) atoms. The topological polar surface area (TPSA) is 112 Å². The van der Waals surface area contributed by atoms with Gasteiger partial charge in [0.2, 0.25) is 0 Å². The number of aromatic nitrogens is 1. The molecule has 1 heterocycles. The molecule has 0 bridgehead atoms. The lowest BCUT2D eigenvalue weighted by Gasteiger charge is -2.30. The molecule has 1 aromatic heterocycles. The first-order valence-corrected chi connectivity index (χ1v) is 6.00. The van der Waals surface area contributed by atoms with Gasteiger partial charge >= 0.3 is 0 Å². The second-order valence-corrected chi connectivity index (χ2v) is 4.60. The van der Waals surface area contributed by atoms with Crippen molar-refractivity contribution in [2.45, 2.75) is 5.54 Å². The van der Waals surface area contributed by atoms with Gasteiger partial charge in [-0.2, -0.15) is 0 Å². The average molecular weight is 281 g/mol. The maximum atomic E-state index is 14.1. The molecule has 0 aliphatic rings. The van der Waals surface area contributed by atoms with E-state index in [0.717, 1.165) is 6.07 Å². The number of benzene rings is 1. The molecule has 0 aliphatic carbocycles. The summed E-state index contributed by atoms with van der Waals surface area (Å²) in [5.41, 5.74) is 4.77. The fourth-order valence-corrected chi connectivity index (χ4v) is 1.89. The first kappa shape index (κ1) is 14.4. The Morgan fingerprint density at radius 1 is 1.25 bits per heavy atom. The Hall–Kier alpha value is -1.96. The summed E-state index contributed by atoms with van der Waals surface area (Å²) in [7, 11) is 0. The number of halogens is 1. The van der Waals surface area contributed by atoms with Gasteiger partial charge in [-0.25, -0.2) is 4.39 Å². The number of fused-ring (bicyclic) bond motifs is 1. The number of nitrogens with one attached hydrogen (secondary N) is 1. The van der Waals surface area contributed by atoms with Gasteiger partial charge in [0.05, 0.1) is 31.0 Å². The number of rotatable bonds is 5. The summed E-state index contributed by atoms with van der Waals surface area (Å²) in [5.74, 6) is -0.673. The van der Waals surface area contributed by atoms with Crippen LogP contribution in [0, 0.1) is 5.82 Å². The third-order valence-corrected chi connectivity index (χ3v) is 3.17. The van der Waals surface area contributed by atoms with Crippen LogP contribution in [0.5, 0.6) is 0 Å². The average Bonchev–Trinajstić information content (AvgIpc) is 2.48. The molecule has 0 spiro atoms. The van der Waals surface area contributed by atoms with Crippen molar-refractivity contribution < 1.29 is 19.7 Å². The van der Waals surface area contributed by atoms with E-state index in [1.165, 1.54) is 6.20 Å². The molecule has 0 saturated carbocycles. The number of aliphatic hydroxyl groups excluding tert-OH is 3. The summed E-state index contributed by atoms with van der Waals surface area (Å²) in [6.45, 7) is -1.71. The molecule has 2 rings (SSSR count). The Bertz CT molecular complexity index is 609. The SMILES string of the molecule is Nc1cc(F)c(NC(CO)(CO)CO)c2ncccc12. The van der Waals surface area contributed by atoms with E-state index in [2.05, 4.69) is 10.3 Å². The van der Waals surface area contributed by atoms with E-state index >= 15 is 0 Å². The lowest BCUT2D eigenvalue weighted by molar-refractivity contribution is 0.0832. The van der Waals surface area contributed by atoms with Gasteiger partial charge in [0.25, 0.3) is 0 Å². The summed E-state index contributed by atoms with van der Waals surface area (Å²) in [4.78, 5) is 4.06. The predicted molar refractivity (Wildman–Crippen MR) is 73.7 cm³/mol. The monoisotopic (exact) mass is 281 g/mol. The first-order chi connectivity index (χ1) is 9.56. The second kappa shape index (κ2) is 5.58. The standard InChI is InChI=1S/C13H16FN3O3/c14-9-4-10(15)8-2-1-3-16-11(8)12(9)17-13(5-18,6-19)7-20/h1-4,17-20H,5-7,15H2. The Balaban J connectivity index is 2.59. The van der Waals surface area contributed by atoms with E-state index in [4.69, 9.17) is 5.73 Å². The van der Waals surface area contributed by atoms with Crippen LogP contribution in [0.3, 0.4) is 0 Å². The quantitative estimate of drug-likeness (QED) is 0.496. The van der Waals surface area contributed by atoms with Gasteiger partial charge in [-0.05, 0) is 18.2 Å². The molecule has 6 nitrogen and oxygen atoms in total. The third-order valence-electron chi connectivity index (χ3n) is 3.17. The molecule has 108 valence electrons. The number of aliphatic hydroxyl groups is 3. The van der Waals surface area contributed by atoms with E-state index in [1.807, 2.05) is 0 Å². The number of nitrogens with two attached hydrogens (primary N) is 1. The predicted octanol–water partition coefficient (Wildman–Crippen LogP) is 0.0837. The Morgan fingerprint density at radius 2 is 1.90 bits per heavy atom. The van der Waals surface area contributed by atoms with Crippen molar-refractivity contribution in [3.8, 4) is 0 Å². The number of nitrogens with zero attached hydrogens (tertiary/aromatic N) is 1. The zero-order valence-electron chi connectivity index (χ0n) is 10.7. The fourth-order valence-electron chi connectivity index (χ4n) is 1.89. The molecular weight excluding hydrogens is 265 g/mol. The van der Waals surface area contributed by atoms with Crippen molar-refractivity contribution in [2.24, 2.45) is 0 Å². The lowest BCUT2D eigenvalue weighted by Crippen LogP contribution is -2.49. The third kappa shape index (κ3) is 2.38. The molecule has 0 unspecified atom stereocenters. The molecule has 7 heteroatoms. The maximum absolute atomic E-state index is 14.1. The molecule has 0 saturated heterocycles. The molecule has 2 aromatic rings. The summed E-state index contributed by atoms with van der Waals surface area (Å²) >= 11 is 0. The van der Waals surface area contributed by atoms with Gasteiger partial charge in [0.15, 0.2) is 5.82 Å². The zero-order valence-corrected chi connectivity index (χ0v) is 10.7. The number of hydrogen-bond donors (Lipinski definition) is 5. The molecule has 0 radical (unpaired) electrons. The molecule has 0 fully saturated rings. The van der Waals surface area contributed by atoms with Crippen LogP contribution >= 0.6 is 0 Å². The minimum absolute atomic E-state index is 0.0213. The van der Waals surface area contributed by atoms with Gasteiger partial charge in [-0.3, -0.25) is 4.98 Å². The van der Waals surface area contributed by atoms with E-state index in [0.29, 0.717) is 5.39 Å². The molecule has 0 atom stereocenters. The number of pyridine rings is 1. The zero-order chi connectivity index (χ0) is 14.8. The van der Waals surface area contributed by atoms with Crippen molar-refractivity contribution in [3.05, 3.63) is 30.2 Å². The number of anilines is 2. The Morgan fingerprint density at radius 3 is 2.50 bits per heavy atom. The highest BCUT2D eigenvalue weighted by molar-refractivity contribution is 5.98. The second-order valence-electron chi connectivity index (χ2n) is 4.60. The van der Waals surface area contributed by atoms with Gasteiger partial charge in [-0.1, -0.05) is 0 Å². The normalized spacial score (nSPS) is 11.8. The van der Waals surface area contributed by atoms with Crippen molar-refractivity contribution in [2.75, 3.05) is 30.9 Å². The van der Waals surface area contributed by atoms with Crippen LogP contribution < -0.4 is 11.1 Å². The minimum Gasteiger partial charge on any atom is -0.398 e. The van der Waals surface area contributed by atoms with Gasteiger partial charge in [0.1, 0.15) is 5.54 Å². The molecule has 0 amide bonds. The van der Waals surface area contributed by atoms with Crippen LogP contribution in [0.1, 0.15) is 0 Å². The van der Waals surface area contributed by atoms with E-state index in [-0.39, 0.29) is 16.9 Å². The fraction of sp³-hybridized carbons (Fsp3) is 0.308. The molecular formula is C13H16FN3O3.